The molecule has 0 radical (unpaired) electrons. The van der Waals surface area contributed by atoms with E-state index >= 15 is 0 Å². The molecule has 96 valence electrons. The van der Waals surface area contributed by atoms with Crippen molar-refractivity contribution in [1.29, 1.82) is 0 Å². The highest BCUT2D eigenvalue weighted by molar-refractivity contribution is 7.09. The van der Waals surface area contributed by atoms with E-state index in [9.17, 15) is 0 Å². The molecule has 1 aliphatic rings. The lowest BCUT2D eigenvalue weighted by atomic mass is 9.73. The summed E-state index contributed by atoms with van der Waals surface area (Å²) < 4.78 is 0. The fraction of sp³-hybridized carbons (Fsp3) is 0.786. The predicted octanol–water partition coefficient (Wildman–Crippen LogP) is 3.71. The Hall–Kier alpha value is -0.410. The van der Waals surface area contributed by atoms with Crippen LogP contribution in [0.4, 0.5) is 0 Å². The van der Waals surface area contributed by atoms with Crippen molar-refractivity contribution in [2.75, 3.05) is 7.05 Å². The van der Waals surface area contributed by atoms with Gasteiger partial charge in [-0.1, -0.05) is 13.8 Å². The smallest absolute Gasteiger partial charge is 0.113 e. The van der Waals surface area contributed by atoms with Crippen LogP contribution in [0.3, 0.4) is 0 Å². The second-order valence-electron chi connectivity index (χ2n) is 5.71. The summed E-state index contributed by atoms with van der Waals surface area (Å²) in [5.74, 6) is 1.72. The van der Waals surface area contributed by atoms with Crippen LogP contribution in [-0.2, 0) is 5.54 Å². The lowest BCUT2D eigenvalue weighted by molar-refractivity contribution is 0.168. The van der Waals surface area contributed by atoms with Crippen LogP contribution in [0.5, 0.6) is 0 Å². The van der Waals surface area contributed by atoms with E-state index in [-0.39, 0.29) is 5.54 Å². The number of aromatic nitrogens is 1. The fourth-order valence-electron chi connectivity index (χ4n) is 2.94. The Morgan fingerprint density at radius 3 is 2.47 bits per heavy atom. The molecule has 0 atom stereocenters. The molecular formula is C14H24N2S. The molecule has 0 spiro atoms. The van der Waals surface area contributed by atoms with Crippen molar-refractivity contribution in [1.82, 2.24) is 10.3 Å². The summed E-state index contributed by atoms with van der Waals surface area (Å²) in [6, 6.07) is 0. The van der Waals surface area contributed by atoms with Crippen molar-refractivity contribution >= 4 is 11.3 Å². The average Bonchev–Trinajstić information content (AvgIpc) is 2.76. The number of thiazole rings is 1. The zero-order valence-electron chi connectivity index (χ0n) is 11.4. The molecule has 1 aromatic heterocycles. The van der Waals surface area contributed by atoms with E-state index in [0.29, 0.717) is 0 Å². The maximum absolute atomic E-state index is 4.70. The summed E-state index contributed by atoms with van der Waals surface area (Å²) in [4.78, 5) is 4.70. The molecule has 0 aromatic carbocycles. The van der Waals surface area contributed by atoms with E-state index < -0.39 is 0 Å². The zero-order chi connectivity index (χ0) is 12.5. The lowest BCUT2D eigenvalue weighted by Crippen LogP contribution is -2.43. The van der Waals surface area contributed by atoms with Gasteiger partial charge in [-0.25, -0.2) is 4.98 Å². The Morgan fingerprint density at radius 1 is 1.41 bits per heavy atom. The van der Waals surface area contributed by atoms with Crippen LogP contribution in [0.15, 0.2) is 5.38 Å². The van der Waals surface area contributed by atoms with E-state index in [0.717, 1.165) is 17.5 Å². The Morgan fingerprint density at radius 2 is 2.06 bits per heavy atom. The third-order valence-corrected chi connectivity index (χ3v) is 5.50. The van der Waals surface area contributed by atoms with Gasteiger partial charge < -0.3 is 5.32 Å². The number of hydrogen-bond acceptors (Lipinski definition) is 3. The minimum atomic E-state index is 0.157. The Kier molecular flexibility index (Phi) is 3.88. The minimum Gasteiger partial charge on any atom is -0.308 e. The number of rotatable bonds is 3. The topological polar surface area (TPSA) is 24.9 Å². The second-order valence-corrected chi connectivity index (χ2v) is 6.57. The predicted molar refractivity (Wildman–Crippen MR) is 74.4 cm³/mol. The Labute approximate surface area is 109 Å². The first-order valence-corrected chi connectivity index (χ1v) is 7.57. The summed E-state index contributed by atoms with van der Waals surface area (Å²) in [5.41, 5.74) is 1.32. The molecule has 1 fully saturated rings. The van der Waals surface area contributed by atoms with E-state index in [2.05, 4.69) is 38.5 Å². The van der Waals surface area contributed by atoms with Crippen LogP contribution < -0.4 is 5.32 Å². The van der Waals surface area contributed by atoms with Crippen molar-refractivity contribution < 1.29 is 0 Å². The van der Waals surface area contributed by atoms with Gasteiger partial charge >= 0.3 is 0 Å². The first-order chi connectivity index (χ1) is 8.07. The fourth-order valence-corrected chi connectivity index (χ4v) is 4.01. The molecule has 1 saturated carbocycles. The second kappa shape index (κ2) is 5.07. The molecule has 17 heavy (non-hydrogen) atoms. The van der Waals surface area contributed by atoms with Crippen LogP contribution in [0.25, 0.3) is 0 Å². The van der Waals surface area contributed by atoms with Crippen LogP contribution in [0.2, 0.25) is 0 Å². The SMILES string of the molecule is CNC1(c2nc(C)cs2)CCC(C(C)C)CC1. The van der Waals surface area contributed by atoms with Gasteiger partial charge in [0.15, 0.2) is 0 Å². The number of aryl methyl sites for hydroxylation is 1. The molecule has 0 amide bonds. The van der Waals surface area contributed by atoms with Crippen LogP contribution in [0, 0.1) is 18.8 Å². The summed E-state index contributed by atoms with van der Waals surface area (Å²) in [6.07, 6.45) is 5.13. The number of nitrogens with zero attached hydrogens (tertiary/aromatic N) is 1. The maximum atomic E-state index is 4.70. The summed E-state index contributed by atoms with van der Waals surface area (Å²) in [6.45, 7) is 6.79. The van der Waals surface area contributed by atoms with Crippen molar-refractivity contribution in [3.8, 4) is 0 Å². The largest absolute Gasteiger partial charge is 0.308 e. The highest BCUT2D eigenvalue weighted by Gasteiger charge is 2.38. The minimum absolute atomic E-state index is 0.157. The molecule has 3 heteroatoms. The number of hydrogen-bond donors (Lipinski definition) is 1. The van der Waals surface area contributed by atoms with Crippen molar-refractivity contribution in [3.05, 3.63) is 16.1 Å². The molecule has 1 aromatic rings. The standard InChI is InChI=1S/C14H24N2S/c1-10(2)12-5-7-14(15-4,8-6-12)13-16-11(3)9-17-13/h9-10,12,15H,5-8H2,1-4H3. The van der Waals surface area contributed by atoms with Crippen LogP contribution >= 0.6 is 11.3 Å². The highest BCUT2D eigenvalue weighted by Crippen LogP contribution is 2.42. The van der Waals surface area contributed by atoms with Gasteiger partial charge in [0.2, 0.25) is 0 Å². The van der Waals surface area contributed by atoms with Gasteiger partial charge in [0.25, 0.3) is 0 Å². The first kappa shape index (κ1) is 13.0. The lowest BCUT2D eigenvalue weighted by Gasteiger charge is -2.40. The molecule has 1 N–H and O–H groups in total. The molecule has 0 unspecified atom stereocenters. The summed E-state index contributed by atoms with van der Waals surface area (Å²) >= 11 is 1.82. The maximum Gasteiger partial charge on any atom is 0.113 e. The quantitative estimate of drug-likeness (QED) is 0.887. The molecule has 0 aliphatic heterocycles. The van der Waals surface area contributed by atoms with E-state index in [1.165, 1.54) is 30.7 Å². The third-order valence-electron chi connectivity index (χ3n) is 4.33. The van der Waals surface area contributed by atoms with Gasteiger partial charge in [-0.2, -0.15) is 0 Å². The van der Waals surface area contributed by atoms with Gasteiger partial charge in [-0.3, -0.25) is 0 Å². The molecule has 2 rings (SSSR count). The normalized spacial score (nSPS) is 29.8. The molecule has 2 nitrogen and oxygen atoms in total. The van der Waals surface area contributed by atoms with Gasteiger partial charge in [0.05, 0.1) is 5.54 Å². The molecular weight excluding hydrogens is 228 g/mol. The molecule has 1 heterocycles. The molecule has 0 bridgehead atoms. The highest BCUT2D eigenvalue weighted by atomic mass is 32.1. The Bertz CT molecular complexity index is 362. The van der Waals surface area contributed by atoms with E-state index in [1.807, 2.05) is 11.3 Å². The zero-order valence-corrected chi connectivity index (χ0v) is 12.2. The van der Waals surface area contributed by atoms with Crippen molar-refractivity contribution in [2.45, 2.75) is 52.0 Å². The van der Waals surface area contributed by atoms with Gasteiger partial charge in [0, 0.05) is 11.1 Å². The van der Waals surface area contributed by atoms with Gasteiger partial charge in [-0.05, 0) is 51.5 Å². The van der Waals surface area contributed by atoms with Gasteiger partial charge in [-0.15, -0.1) is 11.3 Å². The molecule has 0 saturated heterocycles. The monoisotopic (exact) mass is 252 g/mol. The molecule has 1 aliphatic carbocycles. The summed E-state index contributed by atoms with van der Waals surface area (Å²) in [5, 5.41) is 7.02. The van der Waals surface area contributed by atoms with Crippen LogP contribution in [-0.4, -0.2) is 12.0 Å². The van der Waals surface area contributed by atoms with Crippen molar-refractivity contribution in [2.24, 2.45) is 11.8 Å². The average molecular weight is 252 g/mol. The summed E-state index contributed by atoms with van der Waals surface area (Å²) in [7, 11) is 2.09. The number of nitrogens with one attached hydrogen (secondary N) is 1. The van der Waals surface area contributed by atoms with Crippen molar-refractivity contribution in [3.63, 3.8) is 0 Å². The Balaban J connectivity index is 2.13. The third kappa shape index (κ3) is 2.55. The van der Waals surface area contributed by atoms with Crippen LogP contribution in [0.1, 0.15) is 50.2 Å². The van der Waals surface area contributed by atoms with E-state index in [1.54, 1.807) is 0 Å². The van der Waals surface area contributed by atoms with E-state index in [4.69, 9.17) is 4.98 Å². The van der Waals surface area contributed by atoms with Gasteiger partial charge in [0.1, 0.15) is 5.01 Å². The first-order valence-electron chi connectivity index (χ1n) is 6.69.